The number of halogens is 2. The number of rotatable bonds is 5. The third-order valence-corrected chi connectivity index (χ3v) is 3.75. The van der Waals surface area contributed by atoms with E-state index in [2.05, 4.69) is 21.2 Å². The molecule has 4 nitrogen and oxygen atoms in total. The van der Waals surface area contributed by atoms with Gasteiger partial charge in [0.2, 0.25) is 5.91 Å². The van der Waals surface area contributed by atoms with Crippen molar-refractivity contribution < 1.29 is 14.0 Å². The van der Waals surface area contributed by atoms with E-state index in [1.807, 2.05) is 0 Å². The molecule has 0 radical (unpaired) electrons. The first-order chi connectivity index (χ1) is 10.9. The first-order valence-electron chi connectivity index (χ1n) is 6.94. The van der Waals surface area contributed by atoms with Gasteiger partial charge in [-0.1, -0.05) is 28.1 Å². The lowest BCUT2D eigenvalue weighted by Gasteiger charge is -2.19. The van der Waals surface area contributed by atoms with Gasteiger partial charge < -0.3 is 10.2 Å². The minimum atomic E-state index is -0.409. The van der Waals surface area contributed by atoms with E-state index in [1.165, 1.54) is 17.9 Å². The van der Waals surface area contributed by atoms with Gasteiger partial charge in [0, 0.05) is 22.8 Å². The Hall–Kier alpha value is -2.21. The quantitative estimate of drug-likeness (QED) is 0.803. The Balaban J connectivity index is 2.04. The SMILES string of the molecule is CC(=O)c1cccc(NC(=O)CN(C)c2ccc(Br)cc2F)c1. The van der Waals surface area contributed by atoms with Crippen LogP contribution in [0.5, 0.6) is 0 Å². The van der Waals surface area contributed by atoms with Crippen LogP contribution < -0.4 is 10.2 Å². The molecule has 0 spiro atoms. The molecule has 120 valence electrons. The molecule has 2 rings (SSSR count). The molecule has 0 saturated heterocycles. The lowest BCUT2D eigenvalue weighted by molar-refractivity contribution is -0.114. The largest absolute Gasteiger partial charge is 0.363 e. The first kappa shape index (κ1) is 17.1. The van der Waals surface area contributed by atoms with Crippen molar-refractivity contribution >= 4 is 39.0 Å². The molecule has 0 saturated carbocycles. The van der Waals surface area contributed by atoms with E-state index in [-0.39, 0.29) is 18.2 Å². The Morgan fingerprint density at radius 2 is 1.96 bits per heavy atom. The normalized spacial score (nSPS) is 10.3. The third kappa shape index (κ3) is 4.63. The Morgan fingerprint density at radius 1 is 1.22 bits per heavy atom. The van der Waals surface area contributed by atoms with Crippen molar-refractivity contribution in [3.8, 4) is 0 Å². The minimum absolute atomic E-state index is 0.0111. The molecule has 2 aromatic rings. The average Bonchev–Trinajstić information content (AvgIpc) is 2.47. The highest BCUT2D eigenvalue weighted by Gasteiger charge is 2.12. The maximum atomic E-state index is 13.9. The summed E-state index contributed by atoms with van der Waals surface area (Å²) >= 11 is 3.19. The fourth-order valence-corrected chi connectivity index (χ4v) is 2.44. The Morgan fingerprint density at radius 3 is 2.61 bits per heavy atom. The van der Waals surface area contributed by atoms with E-state index < -0.39 is 5.82 Å². The Labute approximate surface area is 142 Å². The molecular formula is C17H16BrFN2O2. The molecule has 0 aliphatic rings. The van der Waals surface area contributed by atoms with Crippen LogP contribution in [0.2, 0.25) is 0 Å². The number of anilines is 2. The lowest BCUT2D eigenvalue weighted by atomic mass is 10.1. The predicted octanol–water partition coefficient (Wildman–Crippen LogP) is 3.87. The number of hydrogen-bond donors (Lipinski definition) is 1. The van der Waals surface area contributed by atoms with Crippen molar-refractivity contribution in [3.05, 3.63) is 58.3 Å². The van der Waals surface area contributed by atoms with Crippen LogP contribution in [0.25, 0.3) is 0 Å². The molecule has 0 aromatic heterocycles. The summed E-state index contributed by atoms with van der Waals surface area (Å²) in [6, 6.07) is 11.4. The van der Waals surface area contributed by atoms with Crippen molar-refractivity contribution in [1.82, 2.24) is 0 Å². The third-order valence-electron chi connectivity index (χ3n) is 3.25. The van der Waals surface area contributed by atoms with Crippen molar-refractivity contribution in [2.24, 2.45) is 0 Å². The fraction of sp³-hybridized carbons (Fsp3) is 0.176. The van der Waals surface area contributed by atoms with Gasteiger partial charge in [-0.05, 0) is 37.3 Å². The summed E-state index contributed by atoms with van der Waals surface area (Å²) < 4.78 is 14.5. The number of ketones is 1. The number of benzene rings is 2. The number of nitrogens with one attached hydrogen (secondary N) is 1. The van der Waals surface area contributed by atoms with E-state index in [4.69, 9.17) is 0 Å². The van der Waals surface area contributed by atoms with Crippen LogP contribution in [0.3, 0.4) is 0 Å². The van der Waals surface area contributed by atoms with Crippen molar-refractivity contribution in [2.45, 2.75) is 6.92 Å². The highest BCUT2D eigenvalue weighted by Crippen LogP contribution is 2.22. The van der Waals surface area contributed by atoms with Crippen LogP contribution >= 0.6 is 15.9 Å². The standard InChI is InChI=1S/C17H16BrFN2O2/c1-11(22)12-4-3-5-14(8-12)20-17(23)10-21(2)16-7-6-13(18)9-15(16)19/h3-9H,10H2,1-2H3,(H,20,23). The van der Waals surface area contributed by atoms with Crippen molar-refractivity contribution in [1.29, 1.82) is 0 Å². The van der Waals surface area contributed by atoms with Gasteiger partial charge in [-0.2, -0.15) is 0 Å². The van der Waals surface area contributed by atoms with Crippen LogP contribution in [-0.4, -0.2) is 25.3 Å². The number of likely N-dealkylation sites (N-methyl/N-ethyl adjacent to an activating group) is 1. The van der Waals surface area contributed by atoms with Gasteiger partial charge >= 0.3 is 0 Å². The second-order valence-electron chi connectivity index (χ2n) is 5.14. The lowest BCUT2D eigenvalue weighted by Crippen LogP contribution is -2.30. The van der Waals surface area contributed by atoms with Gasteiger partial charge in [0.25, 0.3) is 0 Å². The summed E-state index contributed by atoms with van der Waals surface area (Å²) in [5.41, 5.74) is 1.39. The van der Waals surface area contributed by atoms with Crippen molar-refractivity contribution in [3.63, 3.8) is 0 Å². The minimum Gasteiger partial charge on any atom is -0.363 e. The molecule has 0 aliphatic heterocycles. The van der Waals surface area contributed by atoms with E-state index >= 15 is 0 Å². The summed E-state index contributed by atoms with van der Waals surface area (Å²) in [6.07, 6.45) is 0. The average molecular weight is 379 g/mol. The summed E-state index contributed by atoms with van der Waals surface area (Å²) in [5.74, 6) is -0.779. The van der Waals surface area contributed by atoms with E-state index in [0.717, 1.165) is 0 Å². The number of Topliss-reactive ketones (excluding diaryl/α,β-unsaturated/α-hetero) is 1. The van der Waals surface area contributed by atoms with Crippen LogP contribution in [0.15, 0.2) is 46.9 Å². The highest BCUT2D eigenvalue weighted by atomic mass is 79.9. The molecule has 23 heavy (non-hydrogen) atoms. The molecule has 6 heteroatoms. The molecule has 1 amide bonds. The molecule has 0 bridgehead atoms. The maximum Gasteiger partial charge on any atom is 0.243 e. The fourth-order valence-electron chi connectivity index (χ4n) is 2.11. The topological polar surface area (TPSA) is 49.4 Å². The van der Waals surface area contributed by atoms with Gasteiger partial charge in [0.1, 0.15) is 5.82 Å². The zero-order valence-corrected chi connectivity index (χ0v) is 14.4. The van der Waals surface area contributed by atoms with Crippen LogP contribution in [-0.2, 0) is 4.79 Å². The van der Waals surface area contributed by atoms with Gasteiger partial charge in [-0.15, -0.1) is 0 Å². The van der Waals surface area contributed by atoms with Crippen LogP contribution in [0.1, 0.15) is 17.3 Å². The second kappa shape index (κ2) is 7.37. The smallest absolute Gasteiger partial charge is 0.243 e. The Kier molecular flexibility index (Phi) is 5.50. The number of hydrogen-bond acceptors (Lipinski definition) is 3. The summed E-state index contributed by atoms with van der Waals surface area (Å²) in [7, 11) is 1.64. The second-order valence-corrected chi connectivity index (χ2v) is 6.05. The van der Waals surface area contributed by atoms with Gasteiger partial charge in [0.05, 0.1) is 12.2 Å². The van der Waals surface area contributed by atoms with Gasteiger partial charge in [-0.3, -0.25) is 9.59 Å². The van der Waals surface area contributed by atoms with Gasteiger partial charge in [0.15, 0.2) is 5.78 Å². The number of carbonyl (C=O) groups excluding carboxylic acids is 2. The molecule has 2 aromatic carbocycles. The Bertz CT molecular complexity index is 749. The molecule has 1 N–H and O–H groups in total. The zero-order chi connectivity index (χ0) is 17.0. The van der Waals surface area contributed by atoms with E-state index in [1.54, 1.807) is 43.4 Å². The van der Waals surface area contributed by atoms with Gasteiger partial charge in [-0.25, -0.2) is 4.39 Å². The van der Waals surface area contributed by atoms with E-state index in [0.29, 0.717) is 21.4 Å². The molecular weight excluding hydrogens is 363 g/mol. The predicted molar refractivity (Wildman–Crippen MR) is 92.4 cm³/mol. The summed E-state index contributed by atoms with van der Waals surface area (Å²) in [4.78, 5) is 25.0. The zero-order valence-electron chi connectivity index (χ0n) is 12.8. The monoisotopic (exact) mass is 378 g/mol. The molecule has 0 fully saturated rings. The van der Waals surface area contributed by atoms with Crippen LogP contribution in [0.4, 0.5) is 15.8 Å². The van der Waals surface area contributed by atoms with Crippen molar-refractivity contribution in [2.75, 3.05) is 23.8 Å². The van der Waals surface area contributed by atoms with Crippen LogP contribution in [0, 0.1) is 5.82 Å². The summed E-state index contributed by atoms with van der Waals surface area (Å²) in [5, 5.41) is 2.70. The number of amides is 1. The first-order valence-corrected chi connectivity index (χ1v) is 7.73. The summed E-state index contributed by atoms with van der Waals surface area (Å²) in [6.45, 7) is 1.45. The molecule has 0 unspecified atom stereocenters. The molecule has 0 atom stereocenters. The number of nitrogens with zero attached hydrogens (tertiary/aromatic N) is 1. The van der Waals surface area contributed by atoms with E-state index in [9.17, 15) is 14.0 Å². The maximum absolute atomic E-state index is 13.9. The molecule has 0 aliphatic carbocycles. The molecule has 0 heterocycles. The number of carbonyl (C=O) groups is 2. The highest BCUT2D eigenvalue weighted by molar-refractivity contribution is 9.10.